The number of hydrogen-bond donors (Lipinski definition) is 1. The van der Waals surface area contributed by atoms with Crippen molar-refractivity contribution in [3.63, 3.8) is 0 Å². The van der Waals surface area contributed by atoms with Crippen LogP contribution in [0.3, 0.4) is 0 Å². The van der Waals surface area contributed by atoms with Crippen molar-refractivity contribution in [1.82, 2.24) is 0 Å². The number of rotatable bonds is 6. The molecule has 1 N–H and O–H groups in total. The van der Waals surface area contributed by atoms with Gasteiger partial charge in [-0.1, -0.05) is 12.1 Å². The molecule has 5 nitrogen and oxygen atoms in total. The molecule has 2 aromatic carbocycles. The molecule has 0 fully saturated rings. The topological polar surface area (TPSA) is 65.4 Å². The van der Waals surface area contributed by atoms with Crippen LogP contribution in [-0.4, -0.2) is 26.6 Å². The molecule has 146 valence electrons. The lowest BCUT2D eigenvalue weighted by Gasteiger charge is -2.18. The van der Waals surface area contributed by atoms with Crippen molar-refractivity contribution in [2.24, 2.45) is 0 Å². The number of nitrogens with zero attached hydrogens (tertiary/aromatic N) is 2. The van der Waals surface area contributed by atoms with E-state index in [-0.39, 0.29) is 12.3 Å². The number of nitrogens with one attached hydrogen (secondary N) is 1. The van der Waals surface area contributed by atoms with Crippen molar-refractivity contribution in [3.8, 4) is 11.8 Å². The molecule has 0 saturated heterocycles. The Balaban J connectivity index is 2.12. The maximum Gasteiger partial charge on any atom is 0.418 e. The van der Waals surface area contributed by atoms with E-state index in [2.05, 4.69) is 5.32 Å². The van der Waals surface area contributed by atoms with E-state index in [0.717, 1.165) is 12.1 Å². The third-order valence-electron chi connectivity index (χ3n) is 3.69. The van der Waals surface area contributed by atoms with E-state index in [1.807, 2.05) is 6.07 Å². The normalized spacial score (nSPS) is 11.1. The molecule has 2 aromatic rings. The van der Waals surface area contributed by atoms with Crippen LogP contribution >= 0.6 is 0 Å². The average molecular weight is 389 g/mol. The van der Waals surface area contributed by atoms with Crippen LogP contribution in [0.1, 0.15) is 11.1 Å². The van der Waals surface area contributed by atoms with Crippen molar-refractivity contribution < 1.29 is 22.7 Å². The first kappa shape index (κ1) is 20.8. The summed E-state index contributed by atoms with van der Waals surface area (Å²) in [6.45, 7) is -0.0776. The molecule has 0 saturated carbocycles. The maximum absolute atomic E-state index is 13.3. The van der Waals surface area contributed by atoms with E-state index in [0.29, 0.717) is 17.0 Å². The van der Waals surface area contributed by atoms with Gasteiger partial charge in [0.2, 0.25) is 5.91 Å². The van der Waals surface area contributed by atoms with Gasteiger partial charge in [0.25, 0.3) is 0 Å². The van der Waals surface area contributed by atoms with Crippen molar-refractivity contribution in [2.75, 3.05) is 30.9 Å². The van der Waals surface area contributed by atoms with E-state index in [4.69, 9.17) is 10.00 Å². The number of benzene rings is 2. The van der Waals surface area contributed by atoms with Gasteiger partial charge < -0.3 is 15.0 Å². The second kappa shape index (κ2) is 8.95. The van der Waals surface area contributed by atoms with Gasteiger partial charge in [-0.25, -0.2) is 0 Å². The number of anilines is 2. The Labute approximate surface area is 160 Å². The van der Waals surface area contributed by atoms with Crippen LogP contribution in [0.4, 0.5) is 24.5 Å². The average Bonchev–Trinajstić information content (AvgIpc) is 2.64. The maximum atomic E-state index is 13.3. The van der Waals surface area contributed by atoms with Gasteiger partial charge in [-0.2, -0.15) is 18.4 Å². The summed E-state index contributed by atoms with van der Waals surface area (Å²) in [4.78, 5) is 13.6. The highest BCUT2D eigenvalue weighted by Gasteiger charge is 2.34. The number of hydrogen-bond acceptors (Lipinski definition) is 4. The van der Waals surface area contributed by atoms with Crippen molar-refractivity contribution in [2.45, 2.75) is 6.18 Å². The molecule has 0 unspecified atom stereocenters. The van der Waals surface area contributed by atoms with Gasteiger partial charge in [-0.05, 0) is 42.0 Å². The molecule has 0 aliphatic carbocycles. The predicted molar refractivity (Wildman–Crippen MR) is 101 cm³/mol. The number of halogens is 3. The molecule has 0 radical (unpaired) electrons. The summed E-state index contributed by atoms with van der Waals surface area (Å²) in [6.07, 6.45) is -1.99. The minimum atomic E-state index is -4.60. The third-order valence-corrected chi connectivity index (χ3v) is 3.69. The summed E-state index contributed by atoms with van der Waals surface area (Å²) in [5.41, 5.74) is -0.203. The summed E-state index contributed by atoms with van der Waals surface area (Å²) in [5.74, 6) is -0.188. The lowest BCUT2D eigenvalue weighted by atomic mass is 10.1. The summed E-state index contributed by atoms with van der Waals surface area (Å²) < 4.78 is 45.0. The number of carbonyl (C=O) groups excluding carboxylic acids is 1. The molecule has 0 aliphatic rings. The van der Waals surface area contributed by atoms with E-state index in [1.165, 1.54) is 18.2 Å². The first-order chi connectivity index (χ1) is 13.2. The molecule has 8 heteroatoms. The zero-order valence-corrected chi connectivity index (χ0v) is 15.2. The number of ether oxygens (including phenoxy) is 1. The molecule has 0 aromatic heterocycles. The molecule has 28 heavy (non-hydrogen) atoms. The fourth-order valence-electron chi connectivity index (χ4n) is 2.29. The van der Waals surface area contributed by atoms with Crippen LogP contribution in [0.25, 0.3) is 6.08 Å². The monoisotopic (exact) mass is 389 g/mol. The number of carbonyl (C=O) groups is 1. The van der Waals surface area contributed by atoms with Gasteiger partial charge in [0.15, 0.2) is 6.61 Å². The minimum Gasteiger partial charge on any atom is -0.479 e. The second-order valence-corrected chi connectivity index (χ2v) is 5.96. The quantitative estimate of drug-likeness (QED) is 0.747. The second-order valence-electron chi connectivity index (χ2n) is 5.96. The van der Waals surface area contributed by atoms with Crippen LogP contribution in [0.5, 0.6) is 5.75 Å². The summed E-state index contributed by atoms with van der Waals surface area (Å²) in [5, 5.41) is 10.7. The fraction of sp³-hybridized carbons (Fsp3) is 0.200. The zero-order valence-electron chi connectivity index (χ0n) is 15.2. The molecule has 0 heterocycles. The van der Waals surface area contributed by atoms with Gasteiger partial charge in [0, 0.05) is 25.9 Å². The predicted octanol–water partition coefficient (Wildman–Crippen LogP) is 4.33. The molecule has 0 spiro atoms. The smallest absolute Gasteiger partial charge is 0.418 e. The van der Waals surface area contributed by atoms with E-state index in [1.54, 1.807) is 43.3 Å². The lowest BCUT2D eigenvalue weighted by molar-refractivity contribution is -0.136. The Morgan fingerprint density at radius 2 is 1.89 bits per heavy atom. The SMILES string of the molecule is CN(C)c1ccc(NC(=O)C=Cc2ccc(OCC#N)cc2)c(C(F)(F)F)c1. The van der Waals surface area contributed by atoms with E-state index in [9.17, 15) is 18.0 Å². The highest BCUT2D eigenvalue weighted by Crippen LogP contribution is 2.37. The lowest BCUT2D eigenvalue weighted by Crippen LogP contribution is -2.16. The van der Waals surface area contributed by atoms with Crippen molar-refractivity contribution >= 4 is 23.4 Å². The van der Waals surface area contributed by atoms with Crippen LogP contribution in [0.2, 0.25) is 0 Å². The Morgan fingerprint density at radius 3 is 2.46 bits per heavy atom. The molecular weight excluding hydrogens is 371 g/mol. The molecule has 0 aliphatic heterocycles. The summed E-state index contributed by atoms with van der Waals surface area (Å²) in [7, 11) is 3.26. The number of amides is 1. The van der Waals surface area contributed by atoms with Gasteiger partial charge in [0.05, 0.1) is 11.3 Å². The van der Waals surface area contributed by atoms with Crippen LogP contribution < -0.4 is 15.0 Å². The standard InChI is InChI=1S/C20H18F3N3O2/c1-26(2)15-6-9-18(17(13-15)20(21,22)23)25-19(27)10-5-14-3-7-16(8-4-14)28-12-11-24/h3-10,13H,12H2,1-2H3,(H,25,27). The molecule has 0 atom stereocenters. The van der Waals surface area contributed by atoms with E-state index < -0.39 is 17.6 Å². The van der Waals surface area contributed by atoms with Crippen LogP contribution in [0.15, 0.2) is 48.5 Å². The molecular formula is C20H18F3N3O2. The van der Waals surface area contributed by atoms with Gasteiger partial charge in [0.1, 0.15) is 11.8 Å². The third kappa shape index (κ3) is 5.77. The highest BCUT2D eigenvalue weighted by molar-refractivity contribution is 6.02. The summed E-state index contributed by atoms with van der Waals surface area (Å²) >= 11 is 0. The Hall–Kier alpha value is -3.47. The van der Waals surface area contributed by atoms with Crippen molar-refractivity contribution in [3.05, 3.63) is 59.7 Å². The highest BCUT2D eigenvalue weighted by atomic mass is 19.4. The number of nitriles is 1. The van der Waals surface area contributed by atoms with E-state index >= 15 is 0 Å². The Kier molecular flexibility index (Phi) is 6.66. The zero-order chi connectivity index (χ0) is 20.7. The fourth-order valence-corrected chi connectivity index (χ4v) is 2.29. The van der Waals surface area contributed by atoms with Gasteiger partial charge in [-0.15, -0.1) is 0 Å². The minimum absolute atomic E-state index is 0.0776. The molecule has 1 amide bonds. The van der Waals surface area contributed by atoms with Crippen LogP contribution in [0, 0.1) is 11.3 Å². The van der Waals surface area contributed by atoms with Gasteiger partial charge in [-0.3, -0.25) is 4.79 Å². The molecule has 0 bridgehead atoms. The summed E-state index contributed by atoms with van der Waals surface area (Å²) in [6, 6.07) is 12.1. The van der Waals surface area contributed by atoms with Gasteiger partial charge >= 0.3 is 6.18 Å². The van der Waals surface area contributed by atoms with Crippen molar-refractivity contribution in [1.29, 1.82) is 5.26 Å². The first-order valence-electron chi connectivity index (χ1n) is 8.18. The number of alkyl halides is 3. The molecule has 2 rings (SSSR count). The largest absolute Gasteiger partial charge is 0.479 e. The first-order valence-corrected chi connectivity index (χ1v) is 8.18. The van der Waals surface area contributed by atoms with Crippen LogP contribution in [-0.2, 0) is 11.0 Å². The Morgan fingerprint density at radius 1 is 1.21 bits per heavy atom. The Bertz CT molecular complexity index is 898.